The largest absolute Gasteiger partial charge is 0.481 e. The Morgan fingerprint density at radius 2 is 1.14 bits per heavy atom. The van der Waals surface area contributed by atoms with Crippen molar-refractivity contribution in [3.05, 3.63) is 35.9 Å². The third kappa shape index (κ3) is 26.5. The SMILES string of the molecule is CC[C@@H](C)[C@@H](NC(=O)[C@@H](Cc1ccccc1)NC(=O)[C@H](NC(=O)[C@@H](CC(N)=O)NC(=O)[C@@H](CO)NC(=O)[C@@H](CCCN=C(N)N)NC(=O)CNC(=O)[C@H](N)CCCCN)[C@H](C)O)C(=O)N[C@H](CC(=O)O)C(=O)N[C@H](CS)C(=O)O. The molecule has 0 saturated carbocycles. The molecule has 0 aromatic heterocycles. The summed E-state index contributed by atoms with van der Waals surface area (Å²) in [6.07, 6.45) is -2.39. The number of guanidine groups is 1. The fourth-order valence-corrected chi connectivity index (χ4v) is 7.39. The quantitative estimate of drug-likeness (QED) is 0.0127. The highest BCUT2D eigenvalue weighted by Gasteiger charge is 2.38. The second kappa shape index (κ2) is 36.4. The van der Waals surface area contributed by atoms with Gasteiger partial charge in [0.2, 0.25) is 59.1 Å². The second-order valence-electron chi connectivity index (χ2n) is 18.2. The van der Waals surface area contributed by atoms with E-state index in [1.807, 2.05) is 0 Å². The molecular weight excluding hydrogens is 1060 g/mol. The number of hydrogen-bond donors (Lipinski definition) is 19. The van der Waals surface area contributed by atoms with Crippen LogP contribution in [-0.2, 0) is 64.0 Å². The van der Waals surface area contributed by atoms with Crippen molar-refractivity contribution < 1.29 is 78.0 Å². The van der Waals surface area contributed by atoms with Crippen LogP contribution in [0.2, 0.25) is 0 Å². The van der Waals surface area contributed by atoms with Crippen LogP contribution in [-0.4, -0.2) is 190 Å². The standard InChI is InChI=1S/C47H77N15O16S/c1-4-23(2)36(44(75)58-30(19-35(67)68)40(71)60-32(22-79)46(77)78)61-41(72)28(17-25-11-6-5-7-12-25)57-45(76)37(24(3)64)62-42(73)29(18-33(50)65)56-43(74)31(21-63)59-39(70)27(14-10-16-53-47(51)52)55-34(66)20-54-38(69)26(49)13-8-9-15-48/h5-7,11-12,23-24,26-32,36-37,63-64,79H,4,8-10,13-22,48-49H2,1-3H3,(H2,50,65)(H,54,69)(H,55,66)(H,56,74)(H,57,76)(H,58,75)(H,59,70)(H,60,71)(H,61,72)(H,62,73)(H,67,68)(H,77,78)(H4,51,52,53)/t23-,24+,26-,27-,28-,29-,30-,31-,32-,36-,37-/m1/s1. The van der Waals surface area contributed by atoms with Crippen molar-refractivity contribution in [3.8, 4) is 0 Å². The number of carboxylic acid groups (broad SMARTS) is 2. The minimum atomic E-state index is -1.96. The van der Waals surface area contributed by atoms with E-state index in [2.05, 4.69) is 65.5 Å². The van der Waals surface area contributed by atoms with Gasteiger partial charge in [-0.15, -0.1) is 0 Å². The first kappa shape index (κ1) is 69.3. The average molecular weight is 1140 g/mol. The summed E-state index contributed by atoms with van der Waals surface area (Å²) in [7, 11) is 0. The Morgan fingerprint density at radius 1 is 0.620 bits per heavy atom. The van der Waals surface area contributed by atoms with Crippen molar-refractivity contribution in [2.75, 3.05) is 32.0 Å². The maximum Gasteiger partial charge on any atom is 0.327 e. The van der Waals surface area contributed by atoms with Crippen LogP contribution in [0.3, 0.4) is 0 Å². The Hall–Kier alpha value is -7.68. The topological polar surface area (TPSA) is 536 Å². The Labute approximate surface area is 460 Å². The first-order valence-corrected chi connectivity index (χ1v) is 25.7. The Morgan fingerprint density at radius 3 is 1.68 bits per heavy atom. The summed E-state index contributed by atoms with van der Waals surface area (Å²) < 4.78 is 0. The molecule has 0 aliphatic heterocycles. The molecule has 0 unspecified atom stereocenters. The van der Waals surface area contributed by atoms with Gasteiger partial charge in [0.1, 0.15) is 48.3 Å². The summed E-state index contributed by atoms with van der Waals surface area (Å²) in [5, 5.41) is 60.5. The highest BCUT2D eigenvalue weighted by Crippen LogP contribution is 2.12. The number of rotatable bonds is 38. The highest BCUT2D eigenvalue weighted by atomic mass is 32.1. The minimum absolute atomic E-state index is 0.00792. The van der Waals surface area contributed by atoms with Crippen LogP contribution in [0, 0.1) is 5.92 Å². The number of hydrogen-bond acceptors (Lipinski definition) is 18. The van der Waals surface area contributed by atoms with Gasteiger partial charge in [0.15, 0.2) is 5.96 Å². The number of nitrogens with zero attached hydrogens (tertiary/aromatic N) is 1. The zero-order valence-electron chi connectivity index (χ0n) is 44.1. The van der Waals surface area contributed by atoms with Crippen LogP contribution >= 0.6 is 12.6 Å². The van der Waals surface area contributed by atoms with Crippen molar-refractivity contribution in [1.29, 1.82) is 0 Å². The van der Waals surface area contributed by atoms with Gasteiger partial charge in [-0.3, -0.25) is 57.7 Å². The predicted molar refractivity (Wildman–Crippen MR) is 285 cm³/mol. The Balaban J connectivity index is 3.44. The maximum atomic E-state index is 14.2. The minimum Gasteiger partial charge on any atom is -0.481 e. The summed E-state index contributed by atoms with van der Waals surface area (Å²) in [5.41, 5.74) is 28.0. The van der Waals surface area contributed by atoms with Gasteiger partial charge < -0.3 is 96.9 Å². The van der Waals surface area contributed by atoms with E-state index in [4.69, 9.17) is 28.7 Å². The summed E-state index contributed by atoms with van der Waals surface area (Å²) in [5.74, 6) is -15.2. The number of amides is 10. The van der Waals surface area contributed by atoms with Crippen molar-refractivity contribution >= 4 is 89.6 Å². The summed E-state index contributed by atoms with van der Waals surface area (Å²) >= 11 is 3.87. The van der Waals surface area contributed by atoms with E-state index in [1.165, 1.54) is 6.92 Å². The third-order valence-electron chi connectivity index (χ3n) is 11.8. The third-order valence-corrected chi connectivity index (χ3v) is 12.1. The number of carbonyl (C=O) groups excluding carboxylic acids is 10. The Kier molecular flexibility index (Phi) is 32.0. The number of aliphatic imine (C=N–C) groups is 1. The van der Waals surface area contributed by atoms with E-state index in [1.54, 1.807) is 37.3 Å². The van der Waals surface area contributed by atoms with Crippen molar-refractivity contribution in [2.24, 2.45) is 39.6 Å². The molecule has 0 heterocycles. The first-order valence-electron chi connectivity index (χ1n) is 25.1. The highest BCUT2D eigenvalue weighted by molar-refractivity contribution is 7.80. The van der Waals surface area contributed by atoms with Crippen LogP contribution in [0.25, 0.3) is 0 Å². The lowest BCUT2D eigenvalue weighted by molar-refractivity contribution is -0.143. The second-order valence-corrected chi connectivity index (χ2v) is 18.6. The predicted octanol–water partition coefficient (Wildman–Crippen LogP) is -7.48. The lowest BCUT2D eigenvalue weighted by Gasteiger charge is -2.30. The molecule has 1 aromatic carbocycles. The van der Waals surface area contributed by atoms with Crippen LogP contribution in [0.15, 0.2) is 35.3 Å². The first-order chi connectivity index (χ1) is 37.2. The molecule has 1 rings (SSSR count). The molecule has 0 aliphatic carbocycles. The summed E-state index contributed by atoms with van der Waals surface area (Å²) in [4.78, 5) is 161. The van der Waals surface area contributed by atoms with Gasteiger partial charge in [0, 0.05) is 18.7 Å². The van der Waals surface area contributed by atoms with Crippen LogP contribution in [0.5, 0.6) is 0 Å². The fourth-order valence-electron chi connectivity index (χ4n) is 7.14. The van der Waals surface area contributed by atoms with Gasteiger partial charge in [0.05, 0.1) is 38.1 Å². The molecule has 0 aliphatic rings. The zero-order chi connectivity index (χ0) is 59.9. The van der Waals surface area contributed by atoms with Gasteiger partial charge in [-0.2, -0.15) is 12.6 Å². The number of benzene rings is 1. The summed E-state index contributed by atoms with van der Waals surface area (Å²) in [6.45, 7) is 2.89. The van der Waals surface area contributed by atoms with E-state index in [0.717, 1.165) is 6.92 Å². The number of aliphatic carboxylic acids is 2. The van der Waals surface area contributed by atoms with Crippen LogP contribution in [0.1, 0.15) is 77.7 Å². The fraction of sp³-hybridized carbons (Fsp3) is 0.596. The average Bonchev–Trinajstić information content (AvgIpc) is 3.39. The van der Waals surface area contributed by atoms with Gasteiger partial charge in [-0.05, 0) is 50.6 Å². The van der Waals surface area contributed by atoms with Gasteiger partial charge >= 0.3 is 11.9 Å². The van der Waals surface area contributed by atoms with Gasteiger partial charge in [-0.25, -0.2) is 4.79 Å². The van der Waals surface area contributed by atoms with E-state index in [0.29, 0.717) is 24.9 Å². The number of nitrogens with one attached hydrogen (secondary N) is 9. The molecule has 31 nitrogen and oxygen atoms in total. The van der Waals surface area contributed by atoms with Crippen molar-refractivity contribution in [2.45, 2.75) is 139 Å². The molecule has 0 bridgehead atoms. The normalized spacial score (nSPS) is 15.1. The van der Waals surface area contributed by atoms with E-state index in [-0.39, 0.29) is 50.4 Å². The van der Waals surface area contributed by atoms with Gasteiger partial charge in [0.25, 0.3) is 0 Å². The molecule has 79 heavy (non-hydrogen) atoms. The zero-order valence-corrected chi connectivity index (χ0v) is 45.0. The molecule has 0 fully saturated rings. The molecule has 0 saturated heterocycles. The van der Waals surface area contributed by atoms with Crippen molar-refractivity contribution in [3.63, 3.8) is 0 Å². The molecule has 0 spiro atoms. The molecule has 0 radical (unpaired) electrons. The monoisotopic (exact) mass is 1140 g/mol. The smallest absolute Gasteiger partial charge is 0.327 e. The number of carboxylic acids is 2. The molecule has 442 valence electrons. The Bertz CT molecular complexity index is 2280. The van der Waals surface area contributed by atoms with Crippen molar-refractivity contribution in [1.82, 2.24) is 47.9 Å². The molecule has 1 aromatic rings. The van der Waals surface area contributed by atoms with E-state index < -0.39 is 163 Å². The number of thiol groups is 1. The van der Waals surface area contributed by atoms with Crippen LogP contribution < -0.4 is 76.5 Å². The lowest BCUT2D eigenvalue weighted by atomic mass is 9.96. The van der Waals surface area contributed by atoms with E-state index in [9.17, 15) is 78.0 Å². The van der Waals surface area contributed by atoms with E-state index >= 15 is 0 Å². The summed E-state index contributed by atoms with van der Waals surface area (Å²) in [6, 6.07) is -6.66. The number of aliphatic hydroxyl groups excluding tert-OH is 2. The van der Waals surface area contributed by atoms with Crippen LogP contribution in [0.4, 0.5) is 0 Å². The molecule has 32 heteroatoms. The lowest BCUT2D eigenvalue weighted by Crippen LogP contribution is -2.63. The number of carbonyl (C=O) groups is 12. The molecule has 23 N–H and O–H groups in total. The number of nitrogens with two attached hydrogens (primary N) is 5. The number of aliphatic hydroxyl groups is 2. The number of unbranched alkanes of at least 4 members (excludes halogenated alkanes) is 1. The molecule has 10 amide bonds. The van der Waals surface area contributed by atoms with Gasteiger partial charge in [-0.1, -0.05) is 57.0 Å². The molecular formula is C47H77N15O16S. The maximum absolute atomic E-state index is 14.2. The molecule has 11 atom stereocenters. The number of primary amides is 1.